The number of rotatable bonds is 8. The average Bonchev–Trinajstić information content (AvgIpc) is 3.38. The van der Waals surface area contributed by atoms with Crippen LogP contribution in [-0.2, 0) is 18.9 Å². The Hall–Kier alpha value is -3.13. The van der Waals surface area contributed by atoms with Gasteiger partial charge in [0.25, 0.3) is 0 Å². The van der Waals surface area contributed by atoms with Gasteiger partial charge in [-0.25, -0.2) is 8.78 Å². The summed E-state index contributed by atoms with van der Waals surface area (Å²) >= 11 is 1.21. The Morgan fingerprint density at radius 2 is 1.77 bits per heavy atom. The highest BCUT2D eigenvalue weighted by Gasteiger charge is 2.17. The first-order valence-electron chi connectivity index (χ1n) is 9.30. The molecule has 5 nitrogen and oxygen atoms in total. The minimum atomic E-state index is -0.581. The number of halogens is 2. The fourth-order valence-electron chi connectivity index (χ4n) is 2.84. The van der Waals surface area contributed by atoms with Crippen LogP contribution in [0.2, 0.25) is 0 Å². The monoisotopic (exact) mass is 427 g/mol. The van der Waals surface area contributed by atoms with Crippen molar-refractivity contribution in [3.05, 3.63) is 95.2 Å². The van der Waals surface area contributed by atoms with Gasteiger partial charge in [0.2, 0.25) is 0 Å². The van der Waals surface area contributed by atoms with Gasteiger partial charge in [-0.2, -0.15) is 0 Å². The molecule has 0 aliphatic carbocycles. The fourth-order valence-corrected chi connectivity index (χ4v) is 3.81. The van der Waals surface area contributed by atoms with Gasteiger partial charge in [-0.05, 0) is 43.3 Å². The lowest BCUT2D eigenvalue weighted by atomic mass is 10.2. The fraction of sp³-hybridized carbons (Fsp3) is 0.182. The summed E-state index contributed by atoms with van der Waals surface area (Å²) in [5, 5.41) is 8.96. The molecule has 0 aliphatic heterocycles. The van der Waals surface area contributed by atoms with Crippen LogP contribution in [0.3, 0.4) is 0 Å². The first-order chi connectivity index (χ1) is 14.6. The molecule has 2 aromatic carbocycles. The summed E-state index contributed by atoms with van der Waals surface area (Å²) in [6, 6.07) is 15.2. The van der Waals surface area contributed by atoms with Gasteiger partial charge in [0.05, 0.1) is 12.8 Å². The molecule has 4 rings (SSSR count). The number of ether oxygens (including phenoxy) is 1. The van der Waals surface area contributed by atoms with Crippen LogP contribution >= 0.6 is 11.8 Å². The van der Waals surface area contributed by atoms with E-state index in [1.165, 1.54) is 30.0 Å². The van der Waals surface area contributed by atoms with Gasteiger partial charge in [-0.15, -0.1) is 10.2 Å². The highest BCUT2D eigenvalue weighted by molar-refractivity contribution is 7.98. The average molecular weight is 427 g/mol. The van der Waals surface area contributed by atoms with E-state index in [-0.39, 0.29) is 17.9 Å². The topological polar surface area (TPSA) is 53.1 Å². The SMILES string of the molecule is Cc1ccc(OCc2nnc(SCc3c(F)cccc3F)n2Cc2ccco2)cc1. The Bertz CT molecular complexity index is 1090. The molecular weight excluding hydrogens is 408 g/mol. The summed E-state index contributed by atoms with van der Waals surface area (Å²) in [7, 11) is 0. The summed E-state index contributed by atoms with van der Waals surface area (Å²) in [4.78, 5) is 0. The van der Waals surface area contributed by atoms with E-state index < -0.39 is 11.6 Å². The molecule has 0 saturated carbocycles. The predicted molar refractivity (Wildman–Crippen MR) is 109 cm³/mol. The number of aromatic nitrogens is 3. The number of furan rings is 1. The van der Waals surface area contributed by atoms with Crippen LogP contribution in [0, 0.1) is 18.6 Å². The minimum absolute atomic E-state index is 0.00695. The van der Waals surface area contributed by atoms with Crippen molar-refractivity contribution in [2.45, 2.75) is 31.0 Å². The third kappa shape index (κ3) is 4.71. The van der Waals surface area contributed by atoms with Crippen LogP contribution < -0.4 is 4.74 Å². The smallest absolute Gasteiger partial charge is 0.192 e. The zero-order valence-electron chi connectivity index (χ0n) is 16.2. The molecule has 30 heavy (non-hydrogen) atoms. The standard InChI is InChI=1S/C22H19F2N3O2S/c1-15-7-9-16(10-8-15)29-13-21-25-26-22(27(21)12-17-4-3-11-28-17)30-14-18-19(23)5-2-6-20(18)24/h2-11H,12-14H2,1H3. The molecule has 0 amide bonds. The molecule has 4 aromatic rings. The van der Waals surface area contributed by atoms with E-state index in [1.54, 1.807) is 12.3 Å². The van der Waals surface area contributed by atoms with E-state index >= 15 is 0 Å². The number of thioether (sulfide) groups is 1. The third-order valence-electron chi connectivity index (χ3n) is 4.48. The van der Waals surface area contributed by atoms with Gasteiger partial charge >= 0.3 is 0 Å². The Balaban J connectivity index is 1.54. The highest BCUT2D eigenvalue weighted by atomic mass is 32.2. The molecule has 0 N–H and O–H groups in total. The van der Waals surface area contributed by atoms with E-state index in [0.29, 0.717) is 23.3 Å². The van der Waals surface area contributed by atoms with E-state index in [2.05, 4.69) is 10.2 Å². The van der Waals surface area contributed by atoms with E-state index in [1.807, 2.05) is 41.8 Å². The summed E-state index contributed by atoms with van der Waals surface area (Å²) < 4.78 is 41.1. The van der Waals surface area contributed by atoms with Crippen molar-refractivity contribution in [1.82, 2.24) is 14.8 Å². The van der Waals surface area contributed by atoms with Crippen LogP contribution in [0.25, 0.3) is 0 Å². The summed E-state index contributed by atoms with van der Waals surface area (Å²) in [6.45, 7) is 2.59. The Kier molecular flexibility index (Phi) is 6.13. The Morgan fingerprint density at radius 3 is 2.47 bits per heavy atom. The van der Waals surface area contributed by atoms with Gasteiger partial charge in [0.1, 0.15) is 29.8 Å². The molecule has 8 heteroatoms. The Morgan fingerprint density at radius 1 is 1.00 bits per heavy atom. The molecule has 0 bridgehead atoms. The van der Waals surface area contributed by atoms with Crippen molar-refractivity contribution < 1.29 is 17.9 Å². The Labute approximate surface area is 176 Å². The predicted octanol–water partition coefficient (Wildman–Crippen LogP) is 5.38. The second kappa shape index (κ2) is 9.13. The maximum atomic E-state index is 14.0. The quantitative estimate of drug-likeness (QED) is 0.354. The summed E-state index contributed by atoms with van der Waals surface area (Å²) in [5.74, 6) is 0.947. The lowest BCUT2D eigenvalue weighted by molar-refractivity contribution is 0.287. The number of aryl methyl sites for hydroxylation is 1. The zero-order valence-corrected chi connectivity index (χ0v) is 17.0. The number of hydrogen-bond donors (Lipinski definition) is 0. The van der Waals surface area contributed by atoms with Gasteiger partial charge in [0.15, 0.2) is 11.0 Å². The number of nitrogens with zero attached hydrogens (tertiary/aromatic N) is 3. The number of benzene rings is 2. The van der Waals surface area contributed by atoms with Crippen LogP contribution in [0.15, 0.2) is 70.4 Å². The first kappa shape index (κ1) is 20.2. The van der Waals surface area contributed by atoms with E-state index in [9.17, 15) is 8.78 Å². The second-order valence-electron chi connectivity index (χ2n) is 6.65. The van der Waals surface area contributed by atoms with Crippen molar-refractivity contribution in [3.8, 4) is 5.75 Å². The van der Waals surface area contributed by atoms with Gasteiger partial charge in [0, 0.05) is 11.3 Å². The van der Waals surface area contributed by atoms with Crippen molar-refractivity contribution in [2.24, 2.45) is 0 Å². The molecule has 0 atom stereocenters. The highest BCUT2D eigenvalue weighted by Crippen LogP contribution is 2.26. The molecule has 0 spiro atoms. The molecule has 0 aliphatic rings. The lowest BCUT2D eigenvalue weighted by Crippen LogP contribution is -2.09. The normalized spacial score (nSPS) is 11.0. The van der Waals surface area contributed by atoms with Crippen molar-refractivity contribution >= 4 is 11.8 Å². The van der Waals surface area contributed by atoms with Gasteiger partial charge < -0.3 is 9.15 Å². The van der Waals surface area contributed by atoms with E-state index in [4.69, 9.17) is 9.15 Å². The third-order valence-corrected chi connectivity index (χ3v) is 5.48. The zero-order chi connectivity index (χ0) is 20.9. The lowest BCUT2D eigenvalue weighted by Gasteiger charge is -2.10. The second-order valence-corrected chi connectivity index (χ2v) is 7.60. The van der Waals surface area contributed by atoms with Gasteiger partial charge in [-0.1, -0.05) is 35.5 Å². The first-order valence-corrected chi connectivity index (χ1v) is 10.3. The largest absolute Gasteiger partial charge is 0.486 e. The molecule has 0 saturated heterocycles. The molecule has 2 heterocycles. The number of hydrogen-bond acceptors (Lipinski definition) is 5. The summed E-state index contributed by atoms with van der Waals surface area (Å²) in [6.07, 6.45) is 1.59. The molecule has 2 aromatic heterocycles. The molecule has 0 unspecified atom stereocenters. The van der Waals surface area contributed by atoms with Crippen molar-refractivity contribution in [3.63, 3.8) is 0 Å². The maximum Gasteiger partial charge on any atom is 0.192 e. The molecule has 154 valence electrons. The minimum Gasteiger partial charge on any atom is -0.486 e. The van der Waals surface area contributed by atoms with Crippen molar-refractivity contribution in [1.29, 1.82) is 0 Å². The van der Waals surface area contributed by atoms with Crippen LogP contribution in [0.5, 0.6) is 5.75 Å². The van der Waals surface area contributed by atoms with Gasteiger partial charge in [-0.3, -0.25) is 4.57 Å². The molecule has 0 fully saturated rings. The maximum absolute atomic E-state index is 14.0. The molecule has 0 radical (unpaired) electrons. The summed E-state index contributed by atoms with van der Waals surface area (Å²) in [5.41, 5.74) is 1.15. The van der Waals surface area contributed by atoms with Crippen LogP contribution in [0.1, 0.15) is 22.7 Å². The van der Waals surface area contributed by atoms with Crippen LogP contribution in [0.4, 0.5) is 8.78 Å². The van der Waals surface area contributed by atoms with E-state index in [0.717, 1.165) is 11.3 Å². The van der Waals surface area contributed by atoms with Crippen molar-refractivity contribution in [2.75, 3.05) is 0 Å². The van der Waals surface area contributed by atoms with Crippen LogP contribution in [-0.4, -0.2) is 14.8 Å². The molecular formula is C22H19F2N3O2S.